The van der Waals surface area contributed by atoms with Crippen LogP contribution in [0.25, 0.3) is 0 Å². The standard InChI is InChI=1S/C8H4BrClFIO/c9-3-6(13)7-4(10)1-2-5(11)8(7)12/h1-2H,3H2. The normalized spacial score (nSPS) is 10.2. The number of hydrogen-bond donors (Lipinski definition) is 0. The average molecular weight is 377 g/mol. The lowest BCUT2D eigenvalue weighted by molar-refractivity contribution is 0.102. The van der Waals surface area contributed by atoms with Crippen molar-refractivity contribution in [1.29, 1.82) is 0 Å². The maximum Gasteiger partial charge on any atom is 0.176 e. The number of alkyl halides is 1. The Kier molecular flexibility index (Phi) is 4.12. The van der Waals surface area contributed by atoms with Gasteiger partial charge in [-0.3, -0.25) is 4.79 Å². The Morgan fingerprint density at radius 2 is 2.23 bits per heavy atom. The molecule has 13 heavy (non-hydrogen) atoms. The van der Waals surface area contributed by atoms with Crippen LogP contribution in [0.1, 0.15) is 10.4 Å². The second-order valence-corrected chi connectivity index (χ2v) is 4.32. The molecule has 0 bridgehead atoms. The molecule has 0 saturated carbocycles. The maximum absolute atomic E-state index is 13.0. The van der Waals surface area contributed by atoms with E-state index >= 15 is 0 Å². The van der Waals surface area contributed by atoms with Gasteiger partial charge in [0.15, 0.2) is 5.78 Å². The summed E-state index contributed by atoms with van der Waals surface area (Å²) >= 11 is 10.5. The molecule has 0 amide bonds. The third-order valence-electron chi connectivity index (χ3n) is 1.44. The molecule has 0 unspecified atom stereocenters. The Morgan fingerprint density at radius 3 is 2.77 bits per heavy atom. The highest BCUT2D eigenvalue weighted by atomic mass is 127. The zero-order chi connectivity index (χ0) is 10.0. The minimum absolute atomic E-state index is 0.145. The first kappa shape index (κ1) is 11.4. The largest absolute Gasteiger partial charge is 0.293 e. The molecule has 1 aromatic rings. The van der Waals surface area contributed by atoms with Crippen molar-refractivity contribution in [2.45, 2.75) is 0 Å². The number of ketones is 1. The van der Waals surface area contributed by atoms with Crippen molar-refractivity contribution >= 4 is 55.9 Å². The summed E-state index contributed by atoms with van der Waals surface area (Å²) in [5.74, 6) is -0.636. The highest BCUT2D eigenvalue weighted by molar-refractivity contribution is 14.1. The molecule has 1 aromatic carbocycles. The molecule has 0 aromatic heterocycles. The lowest BCUT2D eigenvalue weighted by atomic mass is 10.1. The number of hydrogen-bond acceptors (Lipinski definition) is 1. The van der Waals surface area contributed by atoms with E-state index in [1.807, 2.05) is 0 Å². The molecular weight excluding hydrogens is 373 g/mol. The molecule has 0 saturated heterocycles. The molecule has 0 aliphatic carbocycles. The van der Waals surface area contributed by atoms with Gasteiger partial charge in [-0.2, -0.15) is 0 Å². The number of benzene rings is 1. The summed E-state index contributed by atoms with van der Waals surface area (Å²) in [5, 5.41) is 0.432. The first-order valence-electron chi connectivity index (χ1n) is 3.30. The van der Waals surface area contributed by atoms with Crippen molar-refractivity contribution in [3.05, 3.63) is 32.1 Å². The predicted molar refractivity (Wildman–Crippen MR) is 62.3 cm³/mol. The summed E-state index contributed by atoms with van der Waals surface area (Å²) in [5.41, 5.74) is 0.249. The van der Waals surface area contributed by atoms with Crippen molar-refractivity contribution in [2.75, 3.05) is 5.33 Å². The quantitative estimate of drug-likeness (QED) is 0.333. The highest BCUT2D eigenvalue weighted by Gasteiger charge is 2.15. The van der Waals surface area contributed by atoms with Crippen LogP contribution in [0.4, 0.5) is 4.39 Å². The van der Waals surface area contributed by atoms with E-state index in [-0.39, 0.29) is 25.3 Å². The van der Waals surface area contributed by atoms with Gasteiger partial charge >= 0.3 is 0 Å². The van der Waals surface area contributed by atoms with Crippen molar-refractivity contribution in [2.24, 2.45) is 0 Å². The molecule has 0 heterocycles. The predicted octanol–water partition coefficient (Wildman–Crippen LogP) is 3.66. The van der Waals surface area contributed by atoms with Gasteiger partial charge in [0.1, 0.15) is 5.82 Å². The highest BCUT2D eigenvalue weighted by Crippen LogP contribution is 2.25. The lowest BCUT2D eigenvalue weighted by Crippen LogP contribution is -2.05. The fourth-order valence-corrected chi connectivity index (χ4v) is 2.32. The zero-order valence-electron chi connectivity index (χ0n) is 6.28. The summed E-state index contributed by atoms with van der Waals surface area (Å²) in [7, 11) is 0. The van der Waals surface area contributed by atoms with Crippen molar-refractivity contribution in [3.8, 4) is 0 Å². The molecule has 70 valence electrons. The molecule has 0 aliphatic heterocycles. The topological polar surface area (TPSA) is 17.1 Å². The van der Waals surface area contributed by atoms with Crippen molar-refractivity contribution < 1.29 is 9.18 Å². The molecule has 0 N–H and O–H groups in total. The van der Waals surface area contributed by atoms with E-state index in [2.05, 4.69) is 15.9 Å². The van der Waals surface area contributed by atoms with E-state index in [4.69, 9.17) is 11.6 Å². The monoisotopic (exact) mass is 376 g/mol. The van der Waals surface area contributed by atoms with Crippen LogP contribution in [0.3, 0.4) is 0 Å². The Hall–Kier alpha value is 0.320. The molecule has 0 radical (unpaired) electrons. The van der Waals surface area contributed by atoms with Crippen LogP contribution in [0.5, 0.6) is 0 Å². The molecule has 1 nitrogen and oxygen atoms in total. The van der Waals surface area contributed by atoms with E-state index in [1.54, 1.807) is 22.6 Å². The molecule has 1 rings (SSSR count). The maximum atomic E-state index is 13.0. The number of carbonyl (C=O) groups is 1. The van der Waals surface area contributed by atoms with Crippen LogP contribution in [-0.4, -0.2) is 11.1 Å². The van der Waals surface area contributed by atoms with Gasteiger partial charge in [-0.25, -0.2) is 4.39 Å². The van der Waals surface area contributed by atoms with E-state index < -0.39 is 5.82 Å². The zero-order valence-corrected chi connectivity index (χ0v) is 10.8. The average Bonchev–Trinajstić information content (AvgIpc) is 2.12. The smallest absolute Gasteiger partial charge is 0.176 e. The van der Waals surface area contributed by atoms with Gasteiger partial charge in [0.2, 0.25) is 0 Å². The van der Waals surface area contributed by atoms with Gasteiger partial charge in [-0.1, -0.05) is 27.5 Å². The second-order valence-electron chi connectivity index (χ2n) is 2.27. The summed E-state index contributed by atoms with van der Waals surface area (Å²) in [6.45, 7) is 0. The number of halogens is 4. The van der Waals surface area contributed by atoms with Gasteiger partial charge in [0.05, 0.1) is 19.5 Å². The van der Waals surface area contributed by atoms with E-state index in [9.17, 15) is 9.18 Å². The Balaban J connectivity index is 3.33. The van der Waals surface area contributed by atoms with Crippen LogP contribution < -0.4 is 0 Å². The summed E-state index contributed by atoms with van der Waals surface area (Å²) < 4.78 is 13.3. The SMILES string of the molecule is O=C(CBr)c1c(Cl)ccc(F)c1I. The third-order valence-corrected chi connectivity index (χ3v) is 3.32. The van der Waals surface area contributed by atoms with E-state index in [1.165, 1.54) is 12.1 Å². The molecular formula is C8H4BrClFIO. The summed E-state index contributed by atoms with van der Waals surface area (Å²) in [6, 6.07) is 2.63. The van der Waals surface area contributed by atoms with Gasteiger partial charge in [-0.05, 0) is 34.7 Å². The third kappa shape index (κ3) is 2.41. The fraction of sp³-hybridized carbons (Fsp3) is 0.125. The number of carbonyl (C=O) groups excluding carboxylic acids is 1. The van der Waals surface area contributed by atoms with Gasteiger partial charge < -0.3 is 0 Å². The number of Topliss-reactive ketones (excluding diaryl/α,β-unsaturated/α-hetero) is 1. The summed E-state index contributed by atoms with van der Waals surface area (Å²) in [4.78, 5) is 11.3. The first-order chi connectivity index (χ1) is 6.07. The minimum Gasteiger partial charge on any atom is -0.293 e. The summed E-state index contributed by atoms with van der Waals surface area (Å²) in [6.07, 6.45) is 0. The molecule has 0 fully saturated rings. The van der Waals surface area contributed by atoms with Gasteiger partial charge in [-0.15, -0.1) is 0 Å². The first-order valence-corrected chi connectivity index (χ1v) is 5.88. The van der Waals surface area contributed by atoms with Crippen LogP contribution in [0, 0.1) is 9.39 Å². The van der Waals surface area contributed by atoms with E-state index in [0.717, 1.165) is 0 Å². The minimum atomic E-state index is -0.422. The van der Waals surface area contributed by atoms with Crippen LogP contribution in [0.2, 0.25) is 5.02 Å². The molecule has 0 spiro atoms. The van der Waals surface area contributed by atoms with Crippen LogP contribution in [0.15, 0.2) is 12.1 Å². The van der Waals surface area contributed by atoms with Crippen molar-refractivity contribution in [1.82, 2.24) is 0 Å². The van der Waals surface area contributed by atoms with Crippen LogP contribution in [-0.2, 0) is 0 Å². The number of rotatable bonds is 2. The fourth-order valence-electron chi connectivity index (χ4n) is 0.849. The molecule has 5 heteroatoms. The lowest BCUT2D eigenvalue weighted by Gasteiger charge is -2.04. The Morgan fingerprint density at radius 1 is 1.62 bits per heavy atom. The molecule has 0 aliphatic rings. The van der Waals surface area contributed by atoms with E-state index in [0.29, 0.717) is 0 Å². The van der Waals surface area contributed by atoms with Gasteiger partial charge in [0, 0.05) is 0 Å². The Bertz CT molecular complexity index is 356. The second kappa shape index (κ2) is 4.70. The van der Waals surface area contributed by atoms with Crippen LogP contribution >= 0.6 is 50.1 Å². The van der Waals surface area contributed by atoms with Crippen molar-refractivity contribution in [3.63, 3.8) is 0 Å². The van der Waals surface area contributed by atoms with Gasteiger partial charge in [0.25, 0.3) is 0 Å². The molecule has 0 atom stereocenters. The Labute approximate surface area is 102 Å².